The van der Waals surface area contributed by atoms with Crippen molar-refractivity contribution in [2.75, 3.05) is 0 Å². The zero-order chi connectivity index (χ0) is 10.7. The number of hydrogen-bond donors (Lipinski definition) is 1. The van der Waals surface area contributed by atoms with Gasteiger partial charge in [0, 0.05) is 0 Å². The summed E-state index contributed by atoms with van der Waals surface area (Å²) in [6.07, 6.45) is 14.0. The van der Waals surface area contributed by atoms with E-state index in [9.17, 15) is 5.11 Å². The van der Waals surface area contributed by atoms with Gasteiger partial charge in [-0.25, -0.2) is 0 Å². The SMILES string of the molecule is CCC1CCC(C2(O)C=CCCC2)CC1. The third-order valence-corrected chi connectivity index (χ3v) is 4.49. The lowest BCUT2D eigenvalue weighted by molar-refractivity contribution is -0.00816. The minimum atomic E-state index is -0.447. The molecule has 2 aliphatic carbocycles. The smallest absolute Gasteiger partial charge is 0.0855 e. The van der Waals surface area contributed by atoms with Crippen LogP contribution in [0.4, 0.5) is 0 Å². The van der Waals surface area contributed by atoms with E-state index in [1.54, 1.807) is 0 Å². The van der Waals surface area contributed by atoms with Gasteiger partial charge in [-0.1, -0.05) is 38.3 Å². The summed E-state index contributed by atoms with van der Waals surface area (Å²) < 4.78 is 0. The average Bonchev–Trinajstić information content (AvgIpc) is 2.30. The van der Waals surface area contributed by atoms with Gasteiger partial charge in [0.05, 0.1) is 5.60 Å². The minimum Gasteiger partial charge on any atom is -0.386 e. The van der Waals surface area contributed by atoms with Crippen molar-refractivity contribution in [2.45, 2.75) is 63.9 Å². The summed E-state index contributed by atoms with van der Waals surface area (Å²) in [5.74, 6) is 1.47. The van der Waals surface area contributed by atoms with Crippen molar-refractivity contribution in [3.05, 3.63) is 12.2 Å². The van der Waals surface area contributed by atoms with Crippen molar-refractivity contribution in [1.82, 2.24) is 0 Å². The third kappa shape index (κ3) is 2.44. The van der Waals surface area contributed by atoms with Crippen LogP contribution in [0, 0.1) is 11.8 Å². The molecule has 2 rings (SSSR count). The van der Waals surface area contributed by atoms with Crippen LogP contribution in [-0.4, -0.2) is 10.7 Å². The molecule has 1 N–H and O–H groups in total. The first-order valence-corrected chi connectivity index (χ1v) is 6.64. The maximum absolute atomic E-state index is 10.6. The Morgan fingerprint density at radius 2 is 2.00 bits per heavy atom. The Labute approximate surface area is 93.6 Å². The van der Waals surface area contributed by atoms with E-state index in [-0.39, 0.29) is 0 Å². The lowest BCUT2D eigenvalue weighted by Crippen LogP contribution is -2.39. The molecule has 0 amide bonds. The molecule has 86 valence electrons. The van der Waals surface area contributed by atoms with Crippen LogP contribution >= 0.6 is 0 Å². The Morgan fingerprint density at radius 1 is 1.27 bits per heavy atom. The van der Waals surface area contributed by atoms with E-state index < -0.39 is 5.60 Å². The fraction of sp³-hybridized carbons (Fsp3) is 0.857. The molecule has 0 saturated heterocycles. The zero-order valence-electron chi connectivity index (χ0n) is 9.91. The third-order valence-electron chi connectivity index (χ3n) is 4.49. The molecule has 1 heteroatoms. The highest BCUT2D eigenvalue weighted by molar-refractivity contribution is 5.08. The van der Waals surface area contributed by atoms with E-state index in [2.05, 4.69) is 19.1 Å². The first kappa shape index (κ1) is 11.2. The lowest BCUT2D eigenvalue weighted by Gasteiger charge is -2.40. The number of allylic oxidation sites excluding steroid dienone is 1. The highest BCUT2D eigenvalue weighted by Gasteiger charge is 2.36. The van der Waals surface area contributed by atoms with Gasteiger partial charge in [0.15, 0.2) is 0 Å². The molecule has 1 saturated carbocycles. The van der Waals surface area contributed by atoms with Gasteiger partial charge in [-0.05, 0) is 43.9 Å². The molecule has 1 fully saturated rings. The van der Waals surface area contributed by atoms with Crippen molar-refractivity contribution in [2.24, 2.45) is 11.8 Å². The van der Waals surface area contributed by atoms with Crippen molar-refractivity contribution in [3.63, 3.8) is 0 Å². The predicted octanol–water partition coefficient (Wildman–Crippen LogP) is 3.67. The molecule has 1 nitrogen and oxygen atoms in total. The van der Waals surface area contributed by atoms with Crippen molar-refractivity contribution >= 4 is 0 Å². The van der Waals surface area contributed by atoms with Crippen LogP contribution in [0.1, 0.15) is 58.3 Å². The van der Waals surface area contributed by atoms with Gasteiger partial charge in [-0.2, -0.15) is 0 Å². The second-order valence-electron chi connectivity index (χ2n) is 5.41. The van der Waals surface area contributed by atoms with Crippen molar-refractivity contribution in [1.29, 1.82) is 0 Å². The Kier molecular flexibility index (Phi) is 3.50. The fourth-order valence-electron chi connectivity index (χ4n) is 3.28. The topological polar surface area (TPSA) is 20.2 Å². The lowest BCUT2D eigenvalue weighted by atomic mass is 9.70. The quantitative estimate of drug-likeness (QED) is 0.686. The summed E-state index contributed by atoms with van der Waals surface area (Å²) in [5, 5.41) is 10.6. The highest BCUT2D eigenvalue weighted by atomic mass is 16.3. The zero-order valence-corrected chi connectivity index (χ0v) is 9.91. The maximum atomic E-state index is 10.6. The molecule has 1 unspecified atom stereocenters. The van der Waals surface area contributed by atoms with Gasteiger partial charge in [0.1, 0.15) is 0 Å². The Hall–Kier alpha value is -0.300. The van der Waals surface area contributed by atoms with Crippen LogP contribution in [-0.2, 0) is 0 Å². The molecule has 0 aromatic heterocycles. The summed E-state index contributed by atoms with van der Waals surface area (Å²) in [6.45, 7) is 2.29. The van der Waals surface area contributed by atoms with E-state index in [1.165, 1.54) is 38.5 Å². The summed E-state index contributed by atoms with van der Waals surface area (Å²) in [7, 11) is 0. The van der Waals surface area contributed by atoms with Gasteiger partial charge in [-0.3, -0.25) is 0 Å². The van der Waals surface area contributed by atoms with E-state index in [0.717, 1.165) is 18.8 Å². The molecule has 0 aromatic carbocycles. The predicted molar refractivity (Wildman–Crippen MR) is 63.7 cm³/mol. The standard InChI is InChI=1S/C14H24O/c1-2-12-6-8-13(9-7-12)14(15)10-4-3-5-11-14/h4,10,12-13,15H,2-3,5-9,11H2,1H3. The summed E-state index contributed by atoms with van der Waals surface area (Å²) >= 11 is 0. The van der Waals surface area contributed by atoms with E-state index >= 15 is 0 Å². The van der Waals surface area contributed by atoms with Crippen molar-refractivity contribution < 1.29 is 5.11 Å². The number of aliphatic hydroxyl groups is 1. The van der Waals surface area contributed by atoms with Gasteiger partial charge >= 0.3 is 0 Å². The average molecular weight is 208 g/mol. The first-order valence-electron chi connectivity index (χ1n) is 6.64. The van der Waals surface area contributed by atoms with E-state index in [0.29, 0.717) is 5.92 Å². The molecular weight excluding hydrogens is 184 g/mol. The molecule has 0 aromatic rings. The van der Waals surface area contributed by atoms with Crippen LogP contribution in [0.15, 0.2) is 12.2 Å². The normalized spacial score (nSPS) is 41.7. The van der Waals surface area contributed by atoms with Gasteiger partial charge in [-0.15, -0.1) is 0 Å². The van der Waals surface area contributed by atoms with E-state index in [4.69, 9.17) is 0 Å². The first-order chi connectivity index (χ1) is 7.24. The van der Waals surface area contributed by atoms with Crippen LogP contribution in [0.5, 0.6) is 0 Å². The van der Waals surface area contributed by atoms with E-state index in [1.807, 2.05) is 0 Å². The number of hydrogen-bond acceptors (Lipinski definition) is 1. The largest absolute Gasteiger partial charge is 0.386 e. The Bertz CT molecular complexity index is 225. The molecule has 0 aliphatic heterocycles. The second-order valence-corrected chi connectivity index (χ2v) is 5.41. The second kappa shape index (κ2) is 4.69. The van der Waals surface area contributed by atoms with Gasteiger partial charge in [0.25, 0.3) is 0 Å². The molecular formula is C14H24O. The summed E-state index contributed by atoms with van der Waals surface area (Å²) in [5.41, 5.74) is -0.447. The molecule has 1 atom stereocenters. The summed E-state index contributed by atoms with van der Waals surface area (Å²) in [4.78, 5) is 0. The molecule has 0 radical (unpaired) electrons. The number of rotatable bonds is 2. The van der Waals surface area contributed by atoms with Crippen LogP contribution in [0.25, 0.3) is 0 Å². The molecule has 15 heavy (non-hydrogen) atoms. The summed E-state index contributed by atoms with van der Waals surface area (Å²) in [6, 6.07) is 0. The minimum absolute atomic E-state index is 0.447. The molecule has 0 heterocycles. The molecule has 0 spiro atoms. The molecule has 0 bridgehead atoms. The Balaban J connectivity index is 1.94. The monoisotopic (exact) mass is 208 g/mol. The van der Waals surface area contributed by atoms with Gasteiger partial charge in [0.2, 0.25) is 0 Å². The Morgan fingerprint density at radius 3 is 2.53 bits per heavy atom. The fourth-order valence-corrected chi connectivity index (χ4v) is 3.28. The van der Waals surface area contributed by atoms with Crippen LogP contribution in [0.3, 0.4) is 0 Å². The van der Waals surface area contributed by atoms with Crippen LogP contribution in [0.2, 0.25) is 0 Å². The maximum Gasteiger partial charge on any atom is 0.0855 e. The van der Waals surface area contributed by atoms with Crippen LogP contribution < -0.4 is 0 Å². The molecule has 2 aliphatic rings. The van der Waals surface area contributed by atoms with Gasteiger partial charge < -0.3 is 5.11 Å². The highest BCUT2D eigenvalue weighted by Crippen LogP contribution is 2.40. The van der Waals surface area contributed by atoms with Crippen molar-refractivity contribution in [3.8, 4) is 0 Å².